The molecule has 6 nitrogen and oxygen atoms in total. The number of carboxylic acids is 1. The molecule has 8 heteroatoms. The lowest BCUT2D eigenvalue weighted by molar-refractivity contribution is 0.0697. The van der Waals surface area contributed by atoms with E-state index in [1.54, 1.807) is 0 Å². The van der Waals surface area contributed by atoms with Crippen LogP contribution >= 0.6 is 15.9 Å². The van der Waals surface area contributed by atoms with E-state index in [1.165, 1.54) is 22.5 Å². The molecular weight excluding hydrogens is 360 g/mol. The number of aromatic carboxylic acids is 1. The van der Waals surface area contributed by atoms with Crippen LogP contribution in [0.2, 0.25) is 0 Å². The predicted molar refractivity (Wildman–Crippen MR) is 83.7 cm³/mol. The summed E-state index contributed by atoms with van der Waals surface area (Å²) in [5, 5.41) is 8.98. The molecule has 0 bridgehead atoms. The molecule has 1 aliphatic rings. The van der Waals surface area contributed by atoms with Gasteiger partial charge in [-0.1, -0.05) is 12.8 Å². The van der Waals surface area contributed by atoms with E-state index in [1.807, 2.05) is 0 Å². The van der Waals surface area contributed by atoms with E-state index in [-0.39, 0.29) is 11.3 Å². The number of nitrogens with one attached hydrogen (secondary N) is 1. The second kappa shape index (κ2) is 6.76. The molecule has 2 rings (SSSR count). The highest BCUT2D eigenvalue weighted by atomic mass is 79.9. The molecule has 0 radical (unpaired) electrons. The van der Waals surface area contributed by atoms with Gasteiger partial charge in [0.1, 0.15) is 0 Å². The van der Waals surface area contributed by atoms with Gasteiger partial charge in [-0.15, -0.1) is 0 Å². The maximum atomic E-state index is 12.4. The molecule has 0 spiro atoms. The van der Waals surface area contributed by atoms with Crippen LogP contribution in [0.15, 0.2) is 22.7 Å². The van der Waals surface area contributed by atoms with E-state index in [2.05, 4.69) is 20.7 Å². The van der Waals surface area contributed by atoms with Gasteiger partial charge < -0.3 is 5.11 Å². The minimum absolute atomic E-state index is 0.0340. The molecule has 1 aromatic carbocycles. The highest BCUT2D eigenvalue weighted by Gasteiger charge is 2.23. The van der Waals surface area contributed by atoms with Gasteiger partial charge in [0.25, 0.3) is 0 Å². The van der Waals surface area contributed by atoms with Crippen LogP contribution in [0.5, 0.6) is 0 Å². The zero-order valence-corrected chi connectivity index (χ0v) is 13.8. The van der Waals surface area contributed by atoms with Gasteiger partial charge in [-0.3, -0.25) is 4.72 Å². The van der Waals surface area contributed by atoms with Crippen LogP contribution < -0.4 is 4.72 Å². The fraction of sp³-hybridized carbons (Fsp3) is 0.462. The number of hydrogen-bond acceptors (Lipinski definition) is 3. The standard InChI is InChI=1S/C13H17BrN2O4S/c14-11-6-5-10(13(17)18)9-12(11)15-21(19,20)16-7-3-1-2-4-8-16/h5-6,9,15H,1-4,7-8H2,(H,17,18). The molecular formula is C13H17BrN2O4S. The van der Waals surface area contributed by atoms with Crippen LogP contribution in [0, 0.1) is 0 Å². The molecule has 0 saturated carbocycles. The minimum Gasteiger partial charge on any atom is -0.478 e. The van der Waals surface area contributed by atoms with Gasteiger partial charge in [0.2, 0.25) is 0 Å². The number of carboxylic acid groups (broad SMARTS) is 1. The number of anilines is 1. The molecule has 0 aromatic heterocycles. The molecule has 1 aliphatic heterocycles. The van der Waals surface area contributed by atoms with E-state index in [0.29, 0.717) is 17.6 Å². The predicted octanol–water partition coefficient (Wildman–Crippen LogP) is 2.68. The molecule has 0 amide bonds. The monoisotopic (exact) mass is 376 g/mol. The first-order valence-corrected chi connectivity index (χ1v) is 8.94. The topological polar surface area (TPSA) is 86.7 Å². The van der Waals surface area contributed by atoms with Crippen molar-refractivity contribution in [1.82, 2.24) is 4.31 Å². The van der Waals surface area contributed by atoms with Gasteiger partial charge in [0, 0.05) is 17.6 Å². The maximum Gasteiger partial charge on any atom is 0.335 e. The lowest BCUT2D eigenvalue weighted by atomic mass is 10.2. The Labute approximate surface area is 132 Å². The summed E-state index contributed by atoms with van der Waals surface area (Å²) in [6.07, 6.45) is 3.75. The number of hydrogen-bond donors (Lipinski definition) is 2. The summed E-state index contributed by atoms with van der Waals surface area (Å²) in [6, 6.07) is 4.24. The Hall–Kier alpha value is -1.12. The number of rotatable bonds is 4. The van der Waals surface area contributed by atoms with Crippen LogP contribution in [0.4, 0.5) is 5.69 Å². The molecule has 1 fully saturated rings. The molecule has 2 N–H and O–H groups in total. The highest BCUT2D eigenvalue weighted by Crippen LogP contribution is 2.26. The smallest absolute Gasteiger partial charge is 0.335 e. The van der Waals surface area contributed by atoms with E-state index < -0.39 is 16.2 Å². The van der Waals surface area contributed by atoms with Crippen LogP contribution in [0.25, 0.3) is 0 Å². The van der Waals surface area contributed by atoms with E-state index in [0.717, 1.165) is 25.7 Å². The maximum absolute atomic E-state index is 12.4. The van der Waals surface area contributed by atoms with Gasteiger partial charge in [-0.05, 0) is 47.0 Å². The summed E-state index contributed by atoms with van der Waals surface area (Å²) in [6.45, 7) is 0.983. The molecule has 1 saturated heterocycles. The lowest BCUT2D eigenvalue weighted by Crippen LogP contribution is -2.36. The first-order valence-electron chi connectivity index (χ1n) is 6.71. The van der Waals surface area contributed by atoms with Crippen molar-refractivity contribution >= 4 is 37.8 Å². The van der Waals surface area contributed by atoms with Crippen molar-refractivity contribution in [2.75, 3.05) is 17.8 Å². The van der Waals surface area contributed by atoms with E-state index in [4.69, 9.17) is 5.11 Å². The van der Waals surface area contributed by atoms with Crippen molar-refractivity contribution in [1.29, 1.82) is 0 Å². The Balaban J connectivity index is 2.23. The van der Waals surface area contributed by atoms with Gasteiger partial charge >= 0.3 is 16.2 Å². The number of nitrogens with zero attached hydrogens (tertiary/aromatic N) is 1. The normalized spacial score (nSPS) is 17.2. The minimum atomic E-state index is -3.66. The Kier molecular flexibility index (Phi) is 5.23. The van der Waals surface area contributed by atoms with E-state index >= 15 is 0 Å². The number of carbonyl (C=O) groups is 1. The van der Waals surface area contributed by atoms with Crippen molar-refractivity contribution in [3.05, 3.63) is 28.2 Å². The van der Waals surface area contributed by atoms with Crippen molar-refractivity contribution in [2.45, 2.75) is 25.7 Å². The van der Waals surface area contributed by atoms with Crippen LogP contribution in [-0.2, 0) is 10.2 Å². The molecule has 0 unspecified atom stereocenters. The molecule has 0 aliphatic carbocycles. The highest BCUT2D eigenvalue weighted by molar-refractivity contribution is 9.10. The zero-order chi connectivity index (χ0) is 15.5. The van der Waals surface area contributed by atoms with Gasteiger partial charge in [0.05, 0.1) is 11.3 Å². The second-order valence-electron chi connectivity index (χ2n) is 4.92. The van der Waals surface area contributed by atoms with Gasteiger partial charge in [-0.2, -0.15) is 12.7 Å². The van der Waals surface area contributed by atoms with Crippen molar-refractivity contribution in [2.24, 2.45) is 0 Å². The quantitative estimate of drug-likeness (QED) is 0.845. The Morgan fingerprint density at radius 3 is 2.38 bits per heavy atom. The third-order valence-corrected chi connectivity index (χ3v) is 5.57. The van der Waals surface area contributed by atoms with Crippen LogP contribution in [0.1, 0.15) is 36.0 Å². The molecule has 1 heterocycles. The average molecular weight is 377 g/mol. The Bertz CT molecular complexity index is 625. The summed E-state index contributed by atoms with van der Waals surface area (Å²) in [4.78, 5) is 11.0. The second-order valence-corrected chi connectivity index (χ2v) is 7.45. The summed E-state index contributed by atoms with van der Waals surface area (Å²) >= 11 is 3.23. The van der Waals surface area contributed by atoms with Gasteiger partial charge in [-0.25, -0.2) is 4.79 Å². The summed E-state index contributed by atoms with van der Waals surface area (Å²) in [5.74, 6) is -1.10. The van der Waals surface area contributed by atoms with Crippen molar-refractivity contribution < 1.29 is 18.3 Å². The van der Waals surface area contributed by atoms with Crippen molar-refractivity contribution in [3.63, 3.8) is 0 Å². The first kappa shape index (κ1) is 16.3. The Morgan fingerprint density at radius 2 is 1.81 bits per heavy atom. The lowest BCUT2D eigenvalue weighted by Gasteiger charge is -2.21. The fourth-order valence-electron chi connectivity index (χ4n) is 2.22. The Morgan fingerprint density at radius 1 is 1.19 bits per heavy atom. The van der Waals surface area contributed by atoms with E-state index in [9.17, 15) is 13.2 Å². The zero-order valence-electron chi connectivity index (χ0n) is 11.4. The van der Waals surface area contributed by atoms with Crippen LogP contribution in [-0.4, -0.2) is 36.9 Å². The largest absolute Gasteiger partial charge is 0.478 e. The molecule has 116 valence electrons. The first-order chi connectivity index (χ1) is 9.90. The third kappa shape index (κ3) is 4.18. The summed E-state index contributed by atoms with van der Waals surface area (Å²) < 4.78 is 29.2. The summed E-state index contributed by atoms with van der Waals surface area (Å²) in [7, 11) is -3.66. The van der Waals surface area contributed by atoms with Crippen molar-refractivity contribution in [3.8, 4) is 0 Å². The van der Waals surface area contributed by atoms with Crippen LogP contribution in [0.3, 0.4) is 0 Å². The molecule has 0 atom stereocenters. The number of halogens is 1. The third-order valence-electron chi connectivity index (χ3n) is 3.36. The fourth-order valence-corrected chi connectivity index (χ4v) is 4.01. The average Bonchev–Trinajstić information content (AvgIpc) is 2.70. The SMILES string of the molecule is O=C(O)c1ccc(Br)c(NS(=O)(=O)N2CCCCCC2)c1. The number of benzene rings is 1. The molecule has 1 aromatic rings. The molecule has 21 heavy (non-hydrogen) atoms. The van der Waals surface area contributed by atoms with Gasteiger partial charge in [0.15, 0.2) is 0 Å². The summed E-state index contributed by atoms with van der Waals surface area (Å²) in [5.41, 5.74) is 0.269.